The Labute approximate surface area is 101 Å². The number of nitrogens with zero attached hydrogens (tertiary/aromatic N) is 1. The number of hydrogen-bond donors (Lipinski definition) is 1. The number of methoxy groups -OCH3 is 1. The summed E-state index contributed by atoms with van der Waals surface area (Å²) in [7, 11) is 6.15. The lowest BCUT2D eigenvalue weighted by Gasteiger charge is -2.29. The van der Waals surface area contributed by atoms with Crippen molar-refractivity contribution in [3.63, 3.8) is 0 Å². The third-order valence-corrected chi connectivity index (χ3v) is 3.57. The Balaban J connectivity index is 2.33. The standard InChI is InChI=1S/C13H28N2O/c1-10(2)12(9-16-5)14-8-13(15(3)4)11-6-7-11/h10-14H,6-9H2,1-5H3. The van der Waals surface area contributed by atoms with E-state index in [1.165, 1.54) is 12.8 Å². The van der Waals surface area contributed by atoms with Gasteiger partial charge in [0.05, 0.1) is 6.61 Å². The highest BCUT2D eigenvalue weighted by molar-refractivity contribution is 4.88. The third-order valence-electron chi connectivity index (χ3n) is 3.57. The first kappa shape index (κ1) is 13.9. The van der Waals surface area contributed by atoms with Crippen LogP contribution in [0.4, 0.5) is 0 Å². The Bertz CT molecular complexity index is 188. The summed E-state index contributed by atoms with van der Waals surface area (Å²) in [6, 6.07) is 1.17. The molecule has 1 N–H and O–H groups in total. The lowest BCUT2D eigenvalue weighted by molar-refractivity contribution is 0.139. The summed E-state index contributed by atoms with van der Waals surface area (Å²) in [6.07, 6.45) is 2.81. The summed E-state index contributed by atoms with van der Waals surface area (Å²) in [5.41, 5.74) is 0. The molecule has 0 heterocycles. The van der Waals surface area contributed by atoms with Crippen LogP contribution in [-0.4, -0.2) is 51.3 Å². The van der Waals surface area contributed by atoms with E-state index in [0.29, 0.717) is 18.0 Å². The van der Waals surface area contributed by atoms with Crippen molar-refractivity contribution in [2.75, 3.05) is 34.4 Å². The third kappa shape index (κ3) is 4.40. The van der Waals surface area contributed by atoms with Gasteiger partial charge in [0.2, 0.25) is 0 Å². The van der Waals surface area contributed by atoms with Gasteiger partial charge in [-0.3, -0.25) is 0 Å². The van der Waals surface area contributed by atoms with Gasteiger partial charge < -0.3 is 15.0 Å². The molecule has 2 unspecified atom stereocenters. The quantitative estimate of drug-likeness (QED) is 0.683. The predicted molar refractivity (Wildman–Crippen MR) is 68.7 cm³/mol. The molecule has 0 aromatic heterocycles. The Kier molecular flexibility index (Phi) is 5.73. The smallest absolute Gasteiger partial charge is 0.0618 e. The number of ether oxygens (including phenoxy) is 1. The Morgan fingerprint density at radius 2 is 1.94 bits per heavy atom. The maximum Gasteiger partial charge on any atom is 0.0618 e. The molecule has 1 aliphatic carbocycles. The molecular weight excluding hydrogens is 200 g/mol. The van der Waals surface area contributed by atoms with Crippen molar-refractivity contribution in [1.82, 2.24) is 10.2 Å². The molecule has 3 heteroatoms. The SMILES string of the molecule is COCC(NCC(C1CC1)N(C)C)C(C)C. The summed E-state index contributed by atoms with van der Waals surface area (Å²) < 4.78 is 5.26. The van der Waals surface area contributed by atoms with E-state index in [2.05, 4.69) is 38.2 Å². The van der Waals surface area contributed by atoms with Gasteiger partial charge in [-0.2, -0.15) is 0 Å². The first-order chi connectivity index (χ1) is 7.56. The second-order valence-corrected chi connectivity index (χ2v) is 5.58. The van der Waals surface area contributed by atoms with Gasteiger partial charge in [-0.1, -0.05) is 13.8 Å². The molecule has 0 amide bonds. The van der Waals surface area contributed by atoms with E-state index in [1.807, 2.05) is 0 Å². The van der Waals surface area contributed by atoms with Crippen LogP contribution in [0.15, 0.2) is 0 Å². The fraction of sp³-hybridized carbons (Fsp3) is 1.00. The minimum atomic E-state index is 0.478. The van der Waals surface area contributed by atoms with Crippen molar-refractivity contribution in [3.05, 3.63) is 0 Å². The molecule has 0 spiro atoms. The second kappa shape index (κ2) is 6.58. The van der Waals surface area contributed by atoms with Crippen molar-refractivity contribution in [1.29, 1.82) is 0 Å². The molecule has 1 saturated carbocycles. The average molecular weight is 228 g/mol. The topological polar surface area (TPSA) is 24.5 Å². The molecule has 1 rings (SSSR count). The predicted octanol–water partition coefficient (Wildman–Crippen LogP) is 1.59. The molecule has 0 bridgehead atoms. The molecule has 0 aromatic carbocycles. The molecule has 96 valence electrons. The van der Waals surface area contributed by atoms with E-state index >= 15 is 0 Å². The molecule has 0 saturated heterocycles. The van der Waals surface area contributed by atoms with Crippen molar-refractivity contribution in [2.24, 2.45) is 11.8 Å². The van der Waals surface area contributed by atoms with Crippen molar-refractivity contribution in [2.45, 2.75) is 38.8 Å². The largest absolute Gasteiger partial charge is 0.383 e. The van der Waals surface area contributed by atoms with Crippen molar-refractivity contribution >= 4 is 0 Å². The van der Waals surface area contributed by atoms with Gasteiger partial charge in [-0.15, -0.1) is 0 Å². The second-order valence-electron chi connectivity index (χ2n) is 5.58. The molecule has 0 aromatic rings. The van der Waals surface area contributed by atoms with Crippen LogP contribution in [0.2, 0.25) is 0 Å². The van der Waals surface area contributed by atoms with Gasteiger partial charge in [0.25, 0.3) is 0 Å². The van der Waals surface area contributed by atoms with Gasteiger partial charge in [0.1, 0.15) is 0 Å². The molecule has 16 heavy (non-hydrogen) atoms. The summed E-state index contributed by atoms with van der Waals surface area (Å²) in [6.45, 7) is 6.39. The van der Waals surface area contributed by atoms with Crippen LogP contribution in [-0.2, 0) is 4.74 Å². The zero-order valence-electron chi connectivity index (χ0n) is 11.5. The van der Waals surface area contributed by atoms with Crippen LogP contribution >= 0.6 is 0 Å². The summed E-state index contributed by atoms with van der Waals surface area (Å²) in [5, 5.41) is 3.66. The highest BCUT2D eigenvalue weighted by Crippen LogP contribution is 2.34. The van der Waals surface area contributed by atoms with Crippen LogP contribution < -0.4 is 5.32 Å². The molecule has 2 atom stereocenters. The highest BCUT2D eigenvalue weighted by Gasteiger charge is 2.32. The van der Waals surface area contributed by atoms with Crippen LogP contribution in [0, 0.1) is 11.8 Å². The van der Waals surface area contributed by atoms with Crippen LogP contribution in [0.3, 0.4) is 0 Å². The minimum absolute atomic E-state index is 0.478. The van der Waals surface area contributed by atoms with Gasteiger partial charge in [0.15, 0.2) is 0 Å². The van der Waals surface area contributed by atoms with Crippen molar-refractivity contribution in [3.8, 4) is 0 Å². The maximum absolute atomic E-state index is 5.26. The molecule has 0 radical (unpaired) electrons. The normalized spacial score (nSPS) is 20.4. The lowest BCUT2D eigenvalue weighted by Crippen LogP contribution is -2.46. The fourth-order valence-electron chi connectivity index (χ4n) is 2.19. The molecule has 1 aliphatic rings. The summed E-state index contributed by atoms with van der Waals surface area (Å²) in [5.74, 6) is 1.54. The number of likely N-dealkylation sites (N-methyl/N-ethyl adjacent to an activating group) is 1. The van der Waals surface area contributed by atoms with Gasteiger partial charge >= 0.3 is 0 Å². The van der Waals surface area contributed by atoms with E-state index in [-0.39, 0.29) is 0 Å². The van der Waals surface area contributed by atoms with Gasteiger partial charge in [-0.25, -0.2) is 0 Å². The number of hydrogen-bond acceptors (Lipinski definition) is 3. The minimum Gasteiger partial charge on any atom is -0.383 e. The number of rotatable bonds is 8. The maximum atomic E-state index is 5.26. The van der Waals surface area contributed by atoms with Crippen LogP contribution in [0.1, 0.15) is 26.7 Å². The first-order valence-electron chi connectivity index (χ1n) is 6.45. The Hall–Kier alpha value is -0.120. The molecule has 0 aliphatic heterocycles. The average Bonchev–Trinajstić information content (AvgIpc) is 2.99. The Morgan fingerprint density at radius 1 is 1.31 bits per heavy atom. The van der Waals surface area contributed by atoms with E-state index in [0.717, 1.165) is 19.1 Å². The monoisotopic (exact) mass is 228 g/mol. The van der Waals surface area contributed by atoms with Crippen LogP contribution in [0.5, 0.6) is 0 Å². The van der Waals surface area contributed by atoms with Gasteiger partial charge in [0, 0.05) is 25.7 Å². The summed E-state index contributed by atoms with van der Waals surface area (Å²) in [4.78, 5) is 2.36. The van der Waals surface area contributed by atoms with E-state index in [9.17, 15) is 0 Å². The van der Waals surface area contributed by atoms with Crippen molar-refractivity contribution < 1.29 is 4.74 Å². The van der Waals surface area contributed by atoms with Gasteiger partial charge in [-0.05, 0) is 38.8 Å². The molecule has 3 nitrogen and oxygen atoms in total. The first-order valence-corrected chi connectivity index (χ1v) is 6.45. The number of nitrogens with one attached hydrogen (secondary N) is 1. The fourth-order valence-corrected chi connectivity index (χ4v) is 2.19. The highest BCUT2D eigenvalue weighted by atomic mass is 16.5. The van der Waals surface area contributed by atoms with Crippen LogP contribution in [0.25, 0.3) is 0 Å². The lowest BCUT2D eigenvalue weighted by atomic mass is 10.0. The van der Waals surface area contributed by atoms with E-state index in [1.54, 1.807) is 7.11 Å². The molecule has 1 fully saturated rings. The Morgan fingerprint density at radius 3 is 2.31 bits per heavy atom. The zero-order chi connectivity index (χ0) is 12.1. The molecular formula is C13H28N2O. The zero-order valence-corrected chi connectivity index (χ0v) is 11.5. The van der Waals surface area contributed by atoms with E-state index < -0.39 is 0 Å². The summed E-state index contributed by atoms with van der Waals surface area (Å²) >= 11 is 0. The van der Waals surface area contributed by atoms with E-state index in [4.69, 9.17) is 4.74 Å².